The Bertz CT molecular complexity index is 1020. The van der Waals surface area contributed by atoms with Crippen LogP contribution in [0.3, 0.4) is 0 Å². The predicted molar refractivity (Wildman–Crippen MR) is 122 cm³/mol. The average Bonchev–Trinajstić information content (AvgIpc) is 3.08. The molecule has 0 spiro atoms. The number of hydrazone groups is 1. The first-order valence-electron chi connectivity index (χ1n) is 9.31. The van der Waals surface area contributed by atoms with Crippen LogP contribution >= 0.6 is 12.2 Å². The third-order valence-corrected chi connectivity index (χ3v) is 4.91. The molecule has 0 saturated heterocycles. The SMILES string of the molecule is Cc1ccc(C)c(Cn2cccc2/C=N\NC(=S)Nc2cc(C)ccc2C)c1. The van der Waals surface area contributed by atoms with E-state index < -0.39 is 0 Å². The summed E-state index contributed by atoms with van der Waals surface area (Å²) in [5.41, 5.74) is 11.1. The van der Waals surface area contributed by atoms with E-state index in [-0.39, 0.29) is 0 Å². The predicted octanol–water partition coefficient (Wildman–Crippen LogP) is 5.09. The number of rotatable bonds is 5. The molecule has 1 heterocycles. The molecule has 4 nitrogen and oxygen atoms in total. The maximum absolute atomic E-state index is 5.36. The highest BCUT2D eigenvalue weighted by Gasteiger charge is 2.04. The van der Waals surface area contributed by atoms with Crippen LogP contribution in [0.15, 0.2) is 59.8 Å². The first kappa shape index (κ1) is 19.8. The molecular formula is C23H26N4S. The third kappa shape index (κ3) is 5.08. The summed E-state index contributed by atoms with van der Waals surface area (Å²) in [6.07, 6.45) is 3.86. The van der Waals surface area contributed by atoms with Gasteiger partial charge in [0.25, 0.3) is 0 Å². The number of hydrogen-bond acceptors (Lipinski definition) is 2. The molecule has 0 aliphatic rings. The Kier molecular flexibility index (Phi) is 6.26. The minimum Gasteiger partial charge on any atom is -0.342 e. The van der Waals surface area contributed by atoms with E-state index in [1.807, 2.05) is 19.1 Å². The third-order valence-electron chi connectivity index (χ3n) is 4.71. The second kappa shape index (κ2) is 8.85. The van der Waals surface area contributed by atoms with Crippen LogP contribution in [0.4, 0.5) is 5.69 Å². The molecule has 3 rings (SSSR count). The highest BCUT2D eigenvalue weighted by atomic mass is 32.1. The van der Waals surface area contributed by atoms with Crippen molar-refractivity contribution in [2.24, 2.45) is 5.10 Å². The van der Waals surface area contributed by atoms with Crippen LogP contribution in [0.1, 0.15) is 33.5 Å². The number of hydrogen-bond donors (Lipinski definition) is 2. The summed E-state index contributed by atoms with van der Waals surface area (Å²) in [6, 6.07) is 16.8. The minimum atomic E-state index is 0.470. The lowest BCUT2D eigenvalue weighted by Crippen LogP contribution is -2.24. The second-order valence-electron chi connectivity index (χ2n) is 7.13. The number of nitrogens with one attached hydrogen (secondary N) is 2. The highest BCUT2D eigenvalue weighted by molar-refractivity contribution is 7.80. The lowest BCUT2D eigenvalue weighted by atomic mass is 10.1. The molecule has 1 aromatic heterocycles. The van der Waals surface area contributed by atoms with Crippen LogP contribution in [0, 0.1) is 27.7 Å². The van der Waals surface area contributed by atoms with Crippen LogP contribution in [-0.2, 0) is 6.54 Å². The molecule has 0 amide bonds. The molecule has 144 valence electrons. The number of benzene rings is 2. The number of aryl methyl sites for hydroxylation is 4. The highest BCUT2D eigenvalue weighted by Crippen LogP contribution is 2.16. The Morgan fingerprint density at radius 1 is 1.00 bits per heavy atom. The molecule has 2 N–H and O–H groups in total. The topological polar surface area (TPSA) is 41.4 Å². The molecule has 0 radical (unpaired) electrons. The monoisotopic (exact) mass is 390 g/mol. The molecule has 0 aliphatic carbocycles. The van der Waals surface area contributed by atoms with E-state index in [0.717, 1.165) is 23.5 Å². The van der Waals surface area contributed by atoms with Gasteiger partial charge in [0, 0.05) is 18.4 Å². The summed E-state index contributed by atoms with van der Waals surface area (Å²) in [5, 5.41) is 7.97. The van der Waals surface area contributed by atoms with Crippen molar-refractivity contribution in [3.8, 4) is 0 Å². The Hall–Kier alpha value is -2.92. The van der Waals surface area contributed by atoms with Crippen LogP contribution < -0.4 is 10.7 Å². The summed E-state index contributed by atoms with van der Waals surface area (Å²) in [5.74, 6) is 0. The lowest BCUT2D eigenvalue weighted by molar-refractivity contribution is 0.793. The maximum Gasteiger partial charge on any atom is 0.191 e. The zero-order valence-corrected chi connectivity index (χ0v) is 17.6. The van der Waals surface area contributed by atoms with E-state index in [4.69, 9.17) is 12.2 Å². The Morgan fingerprint density at radius 2 is 1.71 bits per heavy atom. The lowest BCUT2D eigenvalue weighted by Gasteiger charge is -2.11. The van der Waals surface area contributed by atoms with E-state index in [2.05, 4.69) is 83.8 Å². The molecule has 0 atom stereocenters. The normalized spacial score (nSPS) is 11.0. The van der Waals surface area contributed by atoms with Crippen molar-refractivity contribution < 1.29 is 0 Å². The molecule has 3 aromatic rings. The summed E-state index contributed by atoms with van der Waals surface area (Å²) in [7, 11) is 0. The standard InChI is InChI=1S/C23H26N4S/c1-16-7-9-18(3)20(12-16)15-27-11-5-6-21(27)14-24-26-23(28)25-22-13-17(2)8-10-19(22)4/h5-14H,15H2,1-4H3,(H2,25,26,28)/b24-14-. The fourth-order valence-corrected chi connectivity index (χ4v) is 3.18. The van der Waals surface area contributed by atoms with Crippen molar-refractivity contribution in [3.63, 3.8) is 0 Å². The molecule has 0 aliphatic heterocycles. The van der Waals surface area contributed by atoms with Crippen molar-refractivity contribution in [1.82, 2.24) is 9.99 Å². The van der Waals surface area contributed by atoms with Gasteiger partial charge >= 0.3 is 0 Å². The first-order chi connectivity index (χ1) is 13.4. The molecule has 28 heavy (non-hydrogen) atoms. The summed E-state index contributed by atoms with van der Waals surface area (Å²) >= 11 is 5.36. The van der Waals surface area contributed by atoms with Crippen LogP contribution in [0.5, 0.6) is 0 Å². The fraction of sp³-hybridized carbons (Fsp3) is 0.217. The average molecular weight is 391 g/mol. The number of thiocarbonyl (C=S) groups is 1. The van der Waals surface area contributed by atoms with Crippen molar-refractivity contribution in [1.29, 1.82) is 0 Å². The molecule has 0 fully saturated rings. The fourth-order valence-electron chi connectivity index (χ4n) is 3.02. The quantitative estimate of drug-likeness (QED) is 0.362. The van der Waals surface area contributed by atoms with E-state index in [0.29, 0.717) is 5.11 Å². The minimum absolute atomic E-state index is 0.470. The number of anilines is 1. The Labute approximate surface area is 172 Å². The van der Waals surface area contributed by atoms with Gasteiger partial charge in [-0.1, -0.05) is 35.9 Å². The van der Waals surface area contributed by atoms with Crippen LogP contribution in [0.25, 0.3) is 0 Å². The van der Waals surface area contributed by atoms with E-state index in [9.17, 15) is 0 Å². The van der Waals surface area contributed by atoms with Crippen molar-refractivity contribution in [2.45, 2.75) is 34.2 Å². The van der Waals surface area contributed by atoms with Gasteiger partial charge in [-0.15, -0.1) is 0 Å². The molecule has 2 aromatic carbocycles. The number of nitrogens with zero attached hydrogens (tertiary/aromatic N) is 2. The van der Waals surface area contributed by atoms with E-state index in [1.54, 1.807) is 6.21 Å². The van der Waals surface area contributed by atoms with E-state index >= 15 is 0 Å². The van der Waals surface area contributed by atoms with Crippen molar-refractivity contribution in [2.75, 3.05) is 5.32 Å². The summed E-state index contributed by atoms with van der Waals surface area (Å²) < 4.78 is 2.17. The Balaban J connectivity index is 1.64. The van der Waals surface area contributed by atoms with Crippen LogP contribution in [-0.4, -0.2) is 15.9 Å². The van der Waals surface area contributed by atoms with Gasteiger partial charge in [-0.3, -0.25) is 5.43 Å². The van der Waals surface area contributed by atoms with Gasteiger partial charge in [-0.05, 0) is 80.4 Å². The Morgan fingerprint density at radius 3 is 2.50 bits per heavy atom. The summed E-state index contributed by atoms with van der Waals surface area (Å²) in [6.45, 7) is 9.18. The van der Waals surface area contributed by atoms with Gasteiger partial charge in [0.2, 0.25) is 0 Å². The largest absolute Gasteiger partial charge is 0.342 e. The van der Waals surface area contributed by atoms with Gasteiger partial charge < -0.3 is 9.88 Å². The van der Waals surface area contributed by atoms with Crippen LogP contribution in [0.2, 0.25) is 0 Å². The van der Waals surface area contributed by atoms with Gasteiger partial charge in [0.1, 0.15) is 0 Å². The smallest absolute Gasteiger partial charge is 0.191 e. The number of aromatic nitrogens is 1. The molecule has 0 bridgehead atoms. The zero-order valence-electron chi connectivity index (χ0n) is 16.8. The van der Waals surface area contributed by atoms with Gasteiger partial charge in [0.05, 0.1) is 11.9 Å². The summed E-state index contributed by atoms with van der Waals surface area (Å²) in [4.78, 5) is 0. The van der Waals surface area contributed by atoms with Gasteiger partial charge in [-0.25, -0.2) is 0 Å². The van der Waals surface area contributed by atoms with Crippen molar-refractivity contribution >= 4 is 29.2 Å². The second-order valence-corrected chi connectivity index (χ2v) is 7.54. The molecular weight excluding hydrogens is 364 g/mol. The van der Waals surface area contributed by atoms with Gasteiger partial charge in [-0.2, -0.15) is 5.10 Å². The molecule has 0 unspecified atom stereocenters. The zero-order chi connectivity index (χ0) is 20.1. The van der Waals surface area contributed by atoms with Gasteiger partial charge in [0.15, 0.2) is 5.11 Å². The van der Waals surface area contributed by atoms with Crippen molar-refractivity contribution in [3.05, 3.63) is 88.2 Å². The molecule has 5 heteroatoms. The first-order valence-corrected chi connectivity index (χ1v) is 9.72. The maximum atomic E-state index is 5.36. The van der Waals surface area contributed by atoms with E-state index in [1.165, 1.54) is 22.3 Å². The molecule has 0 saturated carbocycles.